The van der Waals surface area contributed by atoms with Gasteiger partial charge in [0.15, 0.2) is 5.65 Å². The minimum atomic E-state index is -0.289. The van der Waals surface area contributed by atoms with Crippen LogP contribution < -0.4 is 10.9 Å². The second-order valence-electron chi connectivity index (χ2n) is 5.99. The number of amides is 1. The molecule has 128 valence electrons. The number of rotatable bonds is 4. The lowest BCUT2D eigenvalue weighted by Crippen LogP contribution is -2.33. The van der Waals surface area contributed by atoms with Crippen LogP contribution in [0.15, 0.2) is 41.3 Å². The van der Waals surface area contributed by atoms with Gasteiger partial charge in [-0.25, -0.2) is 4.68 Å². The summed E-state index contributed by atoms with van der Waals surface area (Å²) in [6, 6.07) is 9.47. The molecule has 4 rings (SSSR count). The van der Waals surface area contributed by atoms with Crippen molar-refractivity contribution >= 4 is 22.9 Å². The molecule has 25 heavy (non-hydrogen) atoms. The Morgan fingerprint density at radius 2 is 1.96 bits per heavy atom. The fourth-order valence-corrected chi connectivity index (χ4v) is 3.00. The first kappa shape index (κ1) is 15.4. The molecular weight excluding hydrogens is 320 g/mol. The van der Waals surface area contributed by atoms with E-state index in [1.54, 1.807) is 4.68 Å². The number of H-pyrrole nitrogens is 1. The summed E-state index contributed by atoms with van der Waals surface area (Å²) in [5.41, 5.74) is 0.976. The minimum absolute atomic E-state index is 0.0109. The van der Waals surface area contributed by atoms with Gasteiger partial charge in [0.05, 0.1) is 18.4 Å². The number of nitrogens with one attached hydrogen (secondary N) is 2. The summed E-state index contributed by atoms with van der Waals surface area (Å²) < 4.78 is 1.61. The molecule has 2 N–H and O–H groups in total. The van der Waals surface area contributed by atoms with Gasteiger partial charge in [0, 0.05) is 13.1 Å². The Morgan fingerprint density at radius 3 is 2.72 bits per heavy atom. The average Bonchev–Trinajstić information content (AvgIpc) is 3.30. The normalized spacial score (nSPS) is 14.2. The van der Waals surface area contributed by atoms with Crippen molar-refractivity contribution in [3.05, 3.63) is 46.9 Å². The molecule has 1 aromatic carbocycles. The molecule has 1 aliphatic rings. The first-order valence-electron chi connectivity index (χ1n) is 8.27. The monoisotopic (exact) mass is 338 g/mol. The molecule has 3 heterocycles. The number of para-hydroxylation sites is 1. The van der Waals surface area contributed by atoms with Crippen LogP contribution in [0.2, 0.25) is 0 Å². The molecule has 0 unspecified atom stereocenters. The van der Waals surface area contributed by atoms with E-state index in [9.17, 15) is 9.59 Å². The highest BCUT2D eigenvalue weighted by atomic mass is 16.2. The van der Waals surface area contributed by atoms with E-state index in [0.717, 1.165) is 31.6 Å². The van der Waals surface area contributed by atoms with Crippen LogP contribution in [0.4, 0.5) is 5.95 Å². The van der Waals surface area contributed by atoms with Crippen molar-refractivity contribution in [2.75, 3.05) is 25.0 Å². The average molecular weight is 338 g/mol. The van der Waals surface area contributed by atoms with Crippen LogP contribution >= 0.6 is 0 Å². The number of aromatic amines is 1. The third-order valence-electron chi connectivity index (χ3n) is 4.30. The van der Waals surface area contributed by atoms with Crippen LogP contribution in [0.1, 0.15) is 12.8 Å². The fourth-order valence-electron chi connectivity index (χ4n) is 3.00. The summed E-state index contributed by atoms with van der Waals surface area (Å²) in [6.45, 7) is 1.70. The van der Waals surface area contributed by atoms with Crippen molar-refractivity contribution in [3.8, 4) is 5.69 Å². The zero-order chi connectivity index (χ0) is 17.2. The van der Waals surface area contributed by atoms with E-state index in [1.165, 1.54) is 6.20 Å². The second-order valence-corrected chi connectivity index (χ2v) is 5.99. The Kier molecular flexibility index (Phi) is 3.93. The molecule has 0 atom stereocenters. The summed E-state index contributed by atoms with van der Waals surface area (Å²) in [5.74, 6) is 0.277. The van der Waals surface area contributed by atoms with Crippen LogP contribution in [0.25, 0.3) is 16.7 Å². The molecule has 1 saturated heterocycles. The first-order chi connectivity index (χ1) is 12.2. The highest BCUT2D eigenvalue weighted by Gasteiger charge is 2.18. The summed E-state index contributed by atoms with van der Waals surface area (Å²) in [6.07, 6.45) is 3.58. The zero-order valence-corrected chi connectivity index (χ0v) is 13.6. The molecule has 0 bridgehead atoms. The predicted octanol–water partition coefficient (Wildman–Crippen LogP) is 1.14. The molecule has 1 amide bonds. The lowest BCUT2D eigenvalue weighted by Gasteiger charge is -2.15. The Hall–Kier alpha value is -3.16. The van der Waals surface area contributed by atoms with Gasteiger partial charge in [-0.15, -0.1) is 0 Å². The smallest absolute Gasteiger partial charge is 0.263 e. The Bertz CT molecular complexity index is 956. The number of anilines is 1. The van der Waals surface area contributed by atoms with E-state index in [4.69, 9.17) is 0 Å². The quantitative estimate of drug-likeness (QED) is 0.744. The van der Waals surface area contributed by atoms with Crippen LogP contribution in [0.3, 0.4) is 0 Å². The van der Waals surface area contributed by atoms with Gasteiger partial charge in [0.2, 0.25) is 11.9 Å². The Balaban J connectivity index is 1.62. The summed E-state index contributed by atoms with van der Waals surface area (Å²) in [5, 5.41) is 7.58. The van der Waals surface area contributed by atoms with Crippen LogP contribution in [0, 0.1) is 0 Å². The highest BCUT2D eigenvalue weighted by molar-refractivity contribution is 5.81. The number of fused-ring (bicyclic) bond motifs is 1. The van der Waals surface area contributed by atoms with Crippen LogP contribution in [0.5, 0.6) is 0 Å². The lowest BCUT2D eigenvalue weighted by atomic mass is 10.3. The number of benzene rings is 1. The van der Waals surface area contributed by atoms with Crippen molar-refractivity contribution in [2.24, 2.45) is 0 Å². The van der Waals surface area contributed by atoms with E-state index in [2.05, 4.69) is 20.4 Å². The third-order valence-corrected chi connectivity index (χ3v) is 4.30. The summed E-state index contributed by atoms with van der Waals surface area (Å²) in [7, 11) is 0. The van der Waals surface area contributed by atoms with Crippen molar-refractivity contribution < 1.29 is 4.79 Å². The van der Waals surface area contributed by atoms with Gasteiger partial charge in [0.1, 0.15) is 5.39 Å². The lowest BCUT2D eigenvalue weighted by molar-refractivity contribution is -0.128. The SMILES string of the molecule is O=C(CNc1nc2c(cnn2-c2ccccc2)c(=O)[nH]1)N1CCCC1. The standard InChI is InChI=1S/C17H18N6O2/c24-14(22-8-4-5-9-22)11-18-17-20-15-13(16(25)21-17)10-19-23(15)12-6-2-1-3-7-12/h1-3,6-7,10H,4-5,8-9,11H2,(H2,18,20,21,25). The third kappa shape index (κ3) is 2.98. The van der Waals surface area contributed by atoms with Gasteiger partial charge in [-0.05, 0) is 25.0 Å². The van der Waals surface area contributed by atoms with E-state index >= 15 is 0 Å². The first-order valence-corrected chi connectivity index (χ1v) is 8.27. The van der Waals surface area contributed by atoms with Crippen molar-refractivity contribution in [3.63, 3.8) is 0 Å². The highest BCUT2D eigenvalue weighted by Crippen LogP contribution is 2.14. The van der Waals surface area contributed by atoms with E-state index in [-0.39, 0.29) is 24.0 Å². The number of hydrogen-bond acceptors (Lipinski definition) is 5. The van der Waals surface area contributed by atoms with E-state index in [0.29, 0.717) is 11.0 Å². The van der Waals surface area contributed by atoms with Gasteiger partial charge >= 0.3 is 0 Å². The van der Waals surface area contributed by atoms with Crippen molar-refractivity contribution in [2.45, 2.75) is 12.8 Å². The van der Waals surface area contributed by atoms with E-state index < -0.39 is 0 Å². The number of carbonyl (C=O) groups is 1. The van der Waals surface area contributed by atoms with E-state index in [1.807, 2.05) is 35.2 Å². The molecule has 0 radical (unpaired) electrons. The number of carbonyl (C=O) groups excluding carboxylic acids is 1. The minimum Gasteiger partial charge on any atom is -0.347 e. The second kappa shape index (κ2) is 6.39. The molecule has 8 nitrogen and oxygen atoms in total. The Morgan fingerprint density at radius 1 is 1.20 bits per heavy atom. The number of aromatic nitrogens is 4. The van der Waals surface area contributed by atoms with Gasteiger partial charge in [-0.2, -0.15) is 10.1 Å². The fraction of sp³-hybridized carbons (Fsp3) is 0.294. The molecule has 1 aliphatic heterocycles. The van der Waals surface area contributed by atoms with Crippen molar-refractivity contribution in [1.29, 1.82) is 0 Å². The molecule has 8 heteroatoms. The van der Waals surface area contributed by atoms with Gasteiger partial charge < -0.3 is 10.2 Å². The number of nitrogens with zero attached hydrogens (tertiary/aromatic N) is 4. The van der Waals surface area contributed by atoms with Gasteiger partial charge in [-0.3, -0.25) is 14.6 Å². The van der Waals surface area contributed by atoms with Crippen LogP contribution in [-0.2, 0) is 4.79 Å². The molecule has 0 saturated carbocycles. The number of hydrogen-bond donors (Lipinski definition) is 2. The van der Waals surface area contributed by atoms with Crippen molar-refractivity contribution in [1.82, 2.24) is 24.6 Å². The molecule has 1 fully saturated rings. The molecule has 2 aromatic heterocycles. The maximum atomic E-state index is 12.3. The van der Waals surface area contributed by atoms with Gasteiger partial charge in [-0.1, -0.05) is 18.2 Å². The molecular formula is C17H18N6O2. The zero-order valence-electron chi connectivity index (χ0n) is 13.6. The summed E-state index contributed by atoms with van der Waals surface area (Å²) in [4.78, 5) is 33.3. The Labute approximate surface area is 143 Å². The predicted molar refractivity (Wildman–Crippen MR) is 93.8 cm³/mol. The van der Waals surface area contributed by atoms with Crippen LogP contribution in [-0.4, -0.2) is 50.2 Å². The summed E-state index contributed by atoms with van der Waals surface area (Å²) >= 11 is 0. The van der Waals surface area contributed by atoms with Gasteiger partial charge in [0.25, 0.3) is 5.56 Å². The topological polar surface area (TPSA) is 95.9 Å². The molecule has 3 aromatic rings. The maximum absolute atomic E-state index is 12.3. The number of likely N-dealkylation sites (tertiary alicyclic amines) is 1. The maximum Gasteiger partial charge on any atom is 0.263 e. The molecule has 0 spiro atoms. The largest absolute Gasteiger partial charge is 0.347 e. The molecule has 0 aliphatic carbocycles.